The lowest BCUT2D eigenvalue weighted by Gasteiger charge is -2.04. The molecule has 0 atom stereocenters. The number of benzene rings is 2. The third-order valence-corrected chi connectivity index (χ3v) is 3.37. The molecule has 0 radical (unpaired) electrons. The molecule has 0 aliphatic rings. The Labute approximate surface area is 130 Å². The van der Waals surface area contributed by atoms with Crippen LogP contribution in [0.1, 0.15) is 5.56 Å². The molecule has 0 heterocycles. The van der Waals surface area contributed by atoms with Crippen molar-refractivity contribution in [3.63, 3.8) is 0 Å². The molecule has 0 unspecified atom stereocenters. The Morgan fingerprint density at radius 2 is 1.68 bits per heavy atom. The van der Waals surface area contributed by atoms with E-state index in [2.05, 4.69) is 5.32 Å². The molecule has 0 aromatic heterocycles. The van der Waals surface area contributed by atoms with Gasteiger partial charge in [0.2, 0.25) is 5.91 Å². The summed E-state index contributed by atoms with van der Waals surface area (Å²) in [6.07, 6.45) is 2.87. The van der Waals surface area contributed by atoms with Crippen LogP contribution >= 0.6 is 11.8 Å². The van der Waals surface area contributed by atoms with E-state index in [1.54, 1.807) is 30.3 Å². The van der Waals surface area contributed by atoms with Crippen molar-refractivity contribution in [2.45, 2.75) is 10.7 Å². The van der Waals surface area contributed by atoms with Crippen molar-refractivity contribution in [1.82, 2.24) is 0 Å². The maximum absolute atomic E-state index is 12.7. The van der Waals surface area contributed by atoms with E-state index < -0.39 is 5.76 Å². The fourth-order valence-corrected chi connectivity index (χ4v) is 2.15. The van der Waals surface area contributed by atoms with Crippen LogP contribution in [0.5, 0.6) is 0 Å². The van der Waals surface area contributed by atoms with Crippen molar-refractivity contribution in [3.05, 3.63) is 66.0 Å². The second-order valence-electron chi connectivity index (χ2n) is 4.28. The second kappa shape index (κ2) is 7.70. The first-order valence-electron chi connectivity index (χ1n) is 6.32. The van der Waals surface area contributed by atoms with Gasteiger partial charge in [0.25, 0.3) is 5.76 Å². The van der Waals surface area contributed by atoms with E-state index in [0.717, 1.165) is 0 Å². The summed E-state index contributed by atoms with van der Waals surface area (Å²) < 4.78 is 37.1. The number of amides is 1. The van der Waals surface area contributed by atoms with Gasteiger partial charge in [-0.1, -0.05) is 23.9 Å². The Hall–Kier alpha value is -2.21. The third-order valence-electron chi connectivity index (χ3n) is 2.64. The Kier molecular flexibility index (Phi) is 5.66. The Morgan fingerprint density at radius 1 is 1.05 bits per heavy atom. The predicted octanol–water partition coefficient (Wildman–Crippen LogP) is 4.79. The summed E-state index contributed by atoms with van der Waals surface area (Å²) in [4.78, 5) is 12.1. The molecule has 22 heavy (non-hydrogen) atoms. The van der Waals surface area contributed by atoms with Crippen LogP contribution in [0, 0.1) is 5.82 Å². The Bertz CT molecular complexity index is 654. The number of carbonyl (C=O) groups is 1. The number of hydrogen-bond donors (Lipinski definition) is 1. The average Bonchev–Trinajstić information content (AvgIpc) is 2.48. The van der Waals surface area contributed by atoms with Gasteiger partial charge in [0.15, 0.2) is 0 Å². The Morgan fingerprint density at radius 3 is 2.27 bits per heavy atom. The van der Waals surface area contributed by atoms with Gasteiger partial charge in [-0.25, -0.2) is 4.39 Å². The van der Waals surface area contributed by atoms with E-state index >= 15 is 0 Å². The van der Waals surface area contributed by atoms with Crippen LogP contribution in [0.2, 0.25) is 0 Å². The normalized spacial score (nSPS) is 11.1. The van der Waals surface area contributed by atoms with Gasteiger partial charge in [0.1, 0.15) is 5.82 Å². The van der Waals surface area contributed by atoms with Crippen molar-refractivity contribution in [2.75, 3.05) is 5.32 Å². The molecular weight excluding hydrogens is 311 g/mol. The smallest absolute Gasteiger partial charge is 0.288 e. The molecule has 2 aromatic carbocycles. The molecule has 0 aliphatic heterocycles. The molecule has 6 heteroatoms. The van der Waals surface area contributed by atoms with Crippen molar-refractivity contribution in [3.8, 4) is 0 Å². The molecule has 0 fully saturated rings. The summed E-state index contributed by atoms with van der Waals surface area (Å²) in [5.74, 6) is -3.18. The quantitative estimate of drug-likeness (QED) is 0.633. The lowest BCUT2D eigenvalue weighted by molar-refractivity contribution is -0.111. The van der Waals surface area contributed by atoms with Crippen LogP contribution in [0.3, 0.4) is 0 Å². The van der Waals surface area contributed by atoms with Gasteiger partial charge >= 0.3 is 0 Å². The van der Waals surface area contributed by atoms with Crippen LogP contribution in [0.4, 0.5) is 18.9 Å². The van der Waals surface area contributed by atoms with E-state index in [1.807, 2.05) is 0 Å². The molecule has 0 spiro atoms. The standard InChI is InChI=1S/C16H12F3NOS/c17-12-4-1-11(2-5-12)3-10-15(21)20-13-6-8-14(9-7-13)22-16(18)19/h1-10,16H,(H,20,21). The van der Waals surface area contributed by atoms with Crippen LogP contribution in [-0.2, 0) is 4.79 Å². The second-order valence-corrected chi connectivity index (χ2v) is 5.34. The lowest BCUT2D eigenvalue weighted by atomic mass is 10.2. The van der Waals surface area contributed by atoms with Gasteiger partial charge in [0.05, 0.1) is 0 Å². The third kappa shape index (κ3) is 5.29. The molecule has 1 amide bonds. The van der Waals surface area contributed by atoms with Gasteiger partial charge in [-0.3, -0.25) is 4.79 Å². The highest BCUT2D eigenvalue weighted by atomic mass is 32.2. The molecule has 0 aliphatic carbocycles. The van der Waals surface area contributed by atoms with Crippen molar-refractivity contribution in [2.24, 2.45) is 0 Å². The number of hydrogen-bond acceptors (Lipinski definition) is 2. The topological polar surface area (TPSA) is 29.1 Å². The summed E-state index contributed by atoms with van der Waals surface area (Å²) in [6.45, 7) is 0. The largest absolute Gasteiger partial charge is 0.323 e. The summed E-state index contributed by atoms with van der Waals surface area (Å²) in [7, 11) is 0. The van der Waals surface area contributed by atoms with Crippen LogP contribution in [0.15, 0.2) is 59.5 Å². The molecule has 0 bridgehead atoms. The first-order valence-corrected chi connectivity index (χ1v) is 7.20. The highest BCUT2D eigenvalue weighted by Gasteiger charge is 2.05. The van der Waals surface area contributed by atoms with Gasteiger partial charge in [-0.15, -0.1) is 0 Å². The molecule has 1 N–H and O–H groups in total. The van der Waals surface area contributed by atoms with E-state index in [4.69, 9.17) is 0 Å². The number of thioether (sulfide) groups is 1. The Balaban J connectivity index is 1.92. The molecule has 0 saturated heterocycles. The monoisotopic (exact) mass is 323 g/mol. The van der Waals surface area contributed by atoms with E-state index in [1.165, 1.54) is 30.3 Å². The summed E-state index contributed by atoms with van der Waals surface area (Å²) in [5.41, 5.74) is 1.20. The van der Waals surface area contributed by atoms with Gasteiger partial charge in [0, 0.05) is 16.7 Å². The van der Waals surface area contributed by atoms with Crippen LogP contribution in [-0.4, -0.2) is 11.7 Å². The predicted molar refractivity (Wildman–Crippen MR) is 82.4 cm³/mol. The van der Waals surface area contributed by atoms with E-state index in [0.29, 0.717) is 27.9 Å². The maximum atomic E-state index is 12.7. The van der Waals surface area contributed by atoms with E-state index in [-0.39, 0.29) is 11.7 Å². The first-order chi connectivity index (χ1) is 10.5. The number of halogens is 3. The van der Waals surface area contributed by atoms with Gasteiger partial charge in [-0.2, -0.15) is 8.78 Å². The summed E-state index contributed by atoms with van der Waals surface area (Å²) in [6, 6.07) is 11.8. The number of carbonyl (C=O) groups excluding carboxylic acids is 1. The molecular formula is C16H12F3NOS. The minimum Gasteiger partial charge on any atom is -0.323 e. The van der Waals surface area contributed by atoms with Crippen LogP contribution < -0.4 is 5.32 Å². The van der Waals surface area contributed by atoms with Gasteiger partial charge < -0.3 is 5.32 Å². The van der Waals surface area contributed by atoms with Gasteiger partial charge in [-0.05, 0) is 48.0 Å². The fraction of sp³-hybridized carbons (Fsp3) is 0.0625. The van der Waals surface area contributed by atoms with E-state index in [9.17, 15) is 18.0 Å². The highest BCUT2D eigenvalue weighted by molar-refractivity contribution is 7.99. The molecule has 2 rings (SSSR count). The van der Waals surface area contributed by atoms with Crippen molar-refractivity contribution < 1.29 is 18.0 Å². The number of anilines is 1. The molecule has 114 valence electrons. The zero-order valence-corrected chi connectivity index (χ0v) is 12.1. The zero-order chi connectivity index (χ0) is 15.9. The number of rotatable bonds is 5. The zero-order valence-electron chi connectivity index (χ0n) is 11.3. The van der Waals surface area contributed by atoms with Crippen molar-refractivity contribution in [1.29, 1.82) is 0 Å². The minimum atomic E-state index is -2.47. The minimum absolute atomic E-state index is 0.344. The average molecular weight is 323 g/mol. The number of alkyl halides is 2. The highest BCUT2D eigenvalue weighted by Crippen LogP contribution is 2.26. The molecule has 2 aromatic rings. The SMILES string of the molecule is O=C(C=Cc1ccc(F)cc1)Nc1ccc(SC(F)F)cc1. The first kappa shape index (κ1) is 16.2. The number of nitrogens with one attached hydrogen (secondary N) is 1. The molecule has 0 saturated carbocycles. The van der Waals surface area contributed by atoms with Crippen molar-refractivity contribution >= 4 is 29.4 Å². The fourth-order valence-electron chi connectivity index (χ4n) is 1.65. The molecule has 2 nitrogen and oxygen atoms in total. The lowest BCUT2D eigenvalue weighted by Crippen LogP contribution is -2.07. The summed E-state index contributed by atoms with van der Waals surface area (Å²) in [5, 5.41) is 2.61. The van der Waals surface area contributed by atoms with Crippen LogP contribution in [0.25, 0.3) is 6.08 Å². The maximum Gasteiger partial charge on any atom is 0.288 e. The summed E-state index contributed by atoms with van der Waals surface area (Å²) >= 11 is 0.444.